The van der Waals surface area contributed by atoms with Crippen molar-refractivity contribution in [1.29, 1.82) is 0 Å². The Bertz CT molecular complexity index is 1040. The molecule has 0 spiro atoms. The average Bonchev–Trinajstić information content (AvgIpc) is 3.07. The molecule has 0 bridgehead atoms. The number of hydrogen-bond acceptors (Lipinski definition) is 3. The van der Waals surface area contributed by atoms with Crippen molar-refractivity contribution in [2.45, 2.75) is 33.4 Å². The van der Waals surface area contributed by atoms with Gasteiger partial charge in [-0.25, -0.2) is 9.37 Å². The van der Waals surface area contributed by atoms with E-state index in [2.05, 4.69) is 9.88 Å². The molecule has 3 aromatic rings. The van der Waals surface area contributed by atoms with E-state index >= 15 is 0 Å². The second-order valence-electron chi connectivity index (χ2n) is 7.93. The molecule has 7 heteroatoms. The Morgan fingerprint density at radius 2 is 1.83 bits per heavy atom. The third-order valence-electron chi connectivity index (χ3n) is 5.13. The number of rotatable bonds is 5. The van der Waals surface area contributed by atoms with Crippen LogP contribution >= 0.6 is 11.6 Å². The number of carbonyl (C=O) groups excluding carboxylic acids is 1. The van der Waals surface area contributed by atoms with Gasteiger partial charge in [0.15, 0.2) is 0 Å². The van der Waals surface area contributed by atoms with Gasteiger partial charge in [0.1, 0.15) is 23.2 Å². The van der Waals surface area contributed by atoms with Gasteiger partial charge in [-0.2, -0.15) is 0 Å². The van der Waals surface area contributed by atoms with E-state index in [1.54, 1.807) is 12.1 Å². The maximum absolute atomic E-state index is 13.5. The van der Waals surface area contributed by atoms with Gasteiger partial charge in [0.05, 0.1) is 6.54 Å². The fraction of sp³-hybridized carbons (Fsp3) is 0.304. The monoisotopic (exact) mass is 426 g/mol. The van der Waals surface area contributed by atoms with Crippen LogP contribution in [0.25, 0.3) is 11.3 Å². The first kappa shape index (κ1) is 20.4. The van der Waals surface area contributed by atoms with Crippen LogP contribution in [-0.4, -0.2) is 26.9 Å². The molecule has 0 saturated heterocycles. The predicted molar refractivity (Wildman–Crippen MR) is 117 cm³/mol. The Balaban J connectivity index is 1.70. The number of imidazole rings is 1. The van der Waals surface area contributed by atoms with Crippen LogP contribution in [0, 0.1) is 11.7 Å². The zero-order valence-corrected chi connectivity index (χ0v) is 17.8. The van der Waals surface area contributed by atoms with E-state index in [9.17, 15) is 9.18 Å². The van der Waals surface area contributed by atoms with Crippen LogP contribution in [0.5, 0.6) is 0 Å². The Hall–Kier alpha value is -2.86. The van der Waals surface area contributed by atoms with Crippen LogP contribution in [-0.2, 0) is 17.9 Å². The van der Waals surface area contributed by atoms with E-state index in [-0.39, 0.29) is 11.7 Å². The number of benzene rings is 2. The van der Waals surface area contributed by atoms with Gasteiger partial charge in [-0.1, -0.05) is 25.4 Å². The first-order valence-electron chi connectivity index (χ1n) is 10.1. The molecule has 0 atom stereocenters. The fourth-order valence-electron chi connectivity index (χ4n) is 3.63. The summed E-state index contributed by atoms with van der Waals surface area (Å²) in [6.07, 6.45) is 0.529. The van der Waals surface area contributed by atoms with Crippen LogP contribution in [0.15, 0.2) is 48.5 Å². The molecule has 2 heterocycles. The molecular formula is C23H24ClFN4O. The number of amides is 1. The Kier molecular flexibility index (Phi) is 5.77. The zero-order valence-electron chi connectivity index (χ0n) is 17.0. The molecule has 1 aliphatic rings. The summed E-state index contributed by atoms with van der Waals surface area (Å²) in [5, 5.41) is 4.10. The van der Waals surface area contributed by atoms with Gasteiger partial charge in [-0.05, 0) is 54.4 Å². The lowest BCUT2D eigenvalue weighted by molar-refractivity contribution is -0.133. The second kappa shape index (κ2) is 8.48. The van der Waals surface area contributed by atoms with E-state index in [1.165, 1.54) is 12.1 Å². The first-order chi connectivity index (χ1) is 14.4. The van der Waals surface area contributed by atoms with Crippen molar-refractivity contribution >= 4 is 29.0 Å². The third-order valence-corrected chi connectivity index (χ3v) is 5.38. The Morgan fingerprint density at radius 1 is 1.13 bits per heavy atom. The number of nitrogens with one attached hydrogen (secondary N) is 1. The Labute approximate surface area is 180 Å². The molecule has 4 rings (SSSR count). The summed E-state index contributed by atoms with van der Waals surface area (Å²) >= 11 is 6.01. The number of aromatic nitrogens is 2. The molecule has 0 radical (unpaired) electrons. The van der Waals surface area contributed by atoms with Crippen LogP contribution in [0.2, 0.25) is 5.02 Å². The van der Waals surface area contributed by atoms with Crippen molar-refractivity contribution in [2.24, 2.45) is 5.92 Å². The lowest BCUT2D eigenvalue weighted by Gasteiger charge is -2.29. The Morgan fingerprint density at radius 3 is 2.50 bits per heavy atom. The lowest BCUT2D eigenvalue weighted by Crippen LogP contribution is -2.39. The number of fused-ring (bicyclic) bond motifs is 1. The maximum Gasteiger partial charge on any atom is 0.223 e. The molecule has 1 N–H and O–H groups in total. The van der Waals surface area contributed by atoms with E-state index in [0.29, 0.717) is 37.0 Å². The SMILES string of the molecule is CC(C)CC(=O)N1CCn2c(nc(-c3ccc(F)cc3)c2Nc2ccc(Cl)cc2)C1. The number of halogens is 2. The van der Waals surface area contributed by atoms with Gasteiger partial charge in [0.2, 0.25) is 5.91 Å². The van der Waals surface area contributed by atoms with E-state index < -0.39 is 0 Å². The summed E-state index contributed by atoms with van der Waals surface area (Å²) in [5.74, 6) is 1.82. The lowest BCUT2D eigenvalue weighted by atomic mass is 10.1. The second-order valence-corrected chi connectivity index (χ2v) is 8.37. The molecule has 156 valence electrons. The van der Waals surface area contributed by atoms with Crippen molar-refractivity contribution in [3.8, 4) is 11.3 Å². The van der Waals surface area contributed by atoms with Crippen LogP contribution in [0.4, 0.5) is 15.9 Å². The smallest absolute Gasteiger partial charge is 0.223 e. The predicted octanol–water partition coefficient (Wildman–Crippen LogP) is 5.47. The topological polar surface area (TPSA) is 50.2 Å². The number of nitrogens with zero attached hydrogens (tertiary/aromatic N) is 3. The summed E-state index contributed by atoms with van der Waals surface area (Å²) < 4.78 is 15.6. The van der Waals surface area contributed by atoms with Gasteiger partial charge in [-0.15, -0.1) is 0 Å². The highest BCUT2D eigenvalue weighted by atomic mass is 35.5. The van der Waals surface area contributed by atoms with Gasteiger partial charge < -0.3 is 14.8 Å². The summed E-state index contributed by atoms with van der Waals surface area (Å²) in [6.45, 7) is 5.82. The highest BCUT2D eigenvalue weighted by Crippen LogP contribution is 2.33. The molecule has 1 aromatic heterocycles. The highest BCUT2D eigenvalue weighted by molar-refractivity contribution is 6.30. The van der Waals surface area contributed by atoms with E-state index in [1.807, 2.05) is 43.0 Å². The maximum atomic E-state index is 13.5. The van der Waals surface area contributed by atoms with Gasteiger partial charge in [-0.3, -0.25) is 4.79 Å². The van der Waals surface area contributed by atoms with Crippen LogP contribution < -0.4 is 5.32 Å². The summed E-state index contributed by atoms with van der Waals surface area (Å²) in [7, 11) is 0. The first-order valence-corrected chi connectivity index (χ1v) is 10.4. The van der Waals surface area contributed by atoms with Crippen molar-refractivity contribution in [3.05, 3.63) is 65.2 Å². The summed E-state index contributed by atoms with van der Waals surface area (Å²) in [4.78, 5) is 19.3. The van der Waals surface area contributed by atoms with Crippen LogP contribution in [0.3, 0.4) is 0 Å². The summed E-state index contributed by atoms with van der Waals surface area (Å²) in [6, 6.07) is 13.7. The molecule has 30 heavy (non-hydrogen) atoms. The van der Waals surface area contributed by atoms with Crippen molar-refractivity contribution in [1.82, 2.24) is 14.5 Å². The molecule has 0 fully saturated rings. The van der Waals surface area contributed by atoms with Crippen molar-refractivity contribution in [3.63, 3.8) is 0 Å². The molecular weight excluding hydrogens is 403 g/mol. The minimum absolute atomic E-state index is 0.148. The highest BCUT2D eigenvalue weighted by Gasteiger charge is 2.27. The van der Waals surface area contributed by atoms with E-state index in [4.69, 9.17) is 16.6 Å². The number of carbonyl (C=O) groups is 1. The standard InChI is InChI=1S/C23H24ClFN4O/c1-15(2)13-21(30)28-11-12-29-20(14-28)27-22(16-3-7-18(25)8-4-16)23(29)26-19-9-5-17(24)6-10-19/h3-10,15,26H,11-14H2,1-2H3. The summed E-state index contributed by atoms with van der Waals surface area (Å²) in [5.41, 5.74) is 2.43. The molecule has 0 saturated carbocycles. The van der Waals surface area contributed by atoms with Crippen molar-refractivity contribution in [2.75, 3.05) is 11.9 Å². The normalized spacial score (nSPS) is 13.4. The molecule has 1 amide bonds. The average molecular weight is 427 g/mol. The number of hydrogen-bond donors (Lipinski definition) is 1. The molecule has 0 aliphatic carbocycles. The quantitative estimate of drug-likeness (QED) is 0.588. The number of anilines is 2. The largest absolute Gasteiger partial charge is 0.340 e. The van der Waals surface area contributed by atoms with Gasteiger partial charge in [0.25, 0.3) is 0 Å². The fourth-order valence-corrected chi connectivity index (χ4v) is 3.75. The zero-order chi connectivity index (χ0) is 21.3. The van der Waals surface area contributed by atoms with Gasteiger partial charge in [0, 0.05) is 35.8 Å². The molecule has 1 aliphatic heterocycles. The van der Waals surface area contributed by atoms with Crippen LogP contribution in [0.1, 0.15) is 26.1 Å². The van der Waals surface area contributed by atoms with Crippen molar-refractivity contribution < 1.29 is 9.18 Å². The minimum atomic E-state index is -0.291. The third kappa shape index (κ3) is 4.33. The van der Waals surface area contributed by atoms with E-state index in [0.717, 1.165) is 28.6 Å². The molecule has 0 unspecified atom stereocenters. The van der Waals surface area contributed by atoms with Gasteiger partial charge >= 0.3 is 0 Å². The molecule has 2 aromatic carbocycles. The minimum Gasteiger partial charge on any atom is -0.340 e. The molecule has 5 nitrogen and oxygen atoms in total.